The first-order valence-corrected chi connectivity index (χ1v) is 9.16. The molecule has 0 spiro atoms. The van der Waals surface area contributed by atoms with E-state index in [9.17, 15) is 13.6 Å². The smallest absolute Gasteiger partial charge is 0.387 e. The van der Waals surface area contributed by atoms with E-state index < -0.39 is 6.61 Å². The summed E-state index contributed by atoms with van der Waals surface area (Å²) in [5.74, 6) is -0.221. The lowest BCUT2D eigenvalue weighted by Crippen LogP contribution is -2.34. The molecule has 1 aromatic carbocycles. The van der Waals surface area contributed by atoms with E-state index >= 15 is 0 Å². The molecule has 2 atom stereocenters. The topological polar surface area (TPSA) is 77.4 Å². The summed E-state index contributed by atoms with van der Waals surface area (Å²) in [5, 5.41) is 10.2. The SMILES string of the molecule is CCOc1cccc(CNC(=O)[C@H]2CNC[C@@H]2c2cnn(C)c2)c1OC(F)F. The summed E-state index contributed by atoms with van der Waals surface area (Å²) in [6.07, 6.45) is 3.66. The molecular weight excluding hydrogens is 370 g/mol. The Hall–Kier alpha value is -2.68. The highest BCUT2D eigenvalue weighted by atomic mass is 19.3. The van der Waals surface area contributed by atoms with Gasteiger partial charge in [-0.1, -0.05) is 12.1 Å². The van der Waals surface area contributed by atoms with Gasteiger partial charge in [0.05, 0.1) is 18.7 Å². The minimum absolute atomic E-state index is 0.0141. The molecular formula is C19H24F2N4O3. The standard InChI is InChI=1S/C19H24F2N4O3/c1-3-27-16-6-4-5-12(17(16)28-19(20)21)7-23-18(26)15-10-22-9-14(15)13-8-24-25(2)11-13/h4-6,8,11,14-15,19,22H,3,7,9-10H2,1-2H3,(H,23,26)/t14-,15+/m1/s1. The number of halogens is 2. The van der Waals surface area contributed by atoms with E-state index in [2.05, 4.69) is 20.5 Å². The van der Waals surface area contributed by atoms with Crippen molar-refractivity contribution in [3.8, 4) is 11.5 Å². The summed E-state index contributed by atoms with van der Waals surface area (Å²) < 4.78 is 37.4. The van der Waals surface area contributed by atoms with Crippen LogP contribution in [0, 0.1) is 5.92 Å². The number of hydrogen-bond acceptors (Lipinski definition) is 5. The van der Waals surface area contributed by atoms with Gasteiger partial charge in [0.2, 0.25) is 5.91 Å². The number of aromatic nitrogens is 2. The van der Waals surface area contributed by atoms with Gasteiger partial charge in [-0.05, 0) is 18.6 Å². The summed E-state index contributed by atoms with van der Waals surface area (Å²) >= 11 is 0. The van der Waals surface area contributed by atoms with Gasteiger partial charge >= 0.3 is 6.61 Å². The van der Waals surface area contributed by atoms with Crippen molar-refractivity contribution in [2.75, 3.05) is 19.7 Å². The number of rotatable bonds is 8. The van der Waals surface area contributed by atoms with Gasteiger partial charge in [0.15, 0.2) is 11.5 Å². The van der Waals surface area contributed by atoms with Crippen LogP contribution < -0.4 is 20.1 Å². The molecule has 1 fully saturated rings. The van der Waals surface area contributed by atoms with E-state index in [0.717, 1.165) is 5.56 Å². The number of benzene rings is 1. The zero-order chi connectivity index (χ0) is 20.1. The van der Waals surface area contributed by atoms with Crippen LogP contribution in [-0.4, -0.2) is 42.0 Å². The fourth-order valence-corrected chi connectivity index (χ4v) is 3.44. The number of carbonyl (C=O) groups is 1. The van der Waals surface area contributed by atoms with E-state index in [-0.39, 0.29) is 35.8 Å². The van der Waals surface area contributed by atoms with Gasteiger partial charge in [-0.3, -0.25) is 9.48 Å². The molecule has 1 aliphatic rings. The molecule has 152 valence electrons. The predicted molar refractivity (Wildman–Crippen MR) is 98.4 cm³/mol. The maximum atomic E-state index is 12.8. The summed E-state index contributed by atoms with van der Waals surface area (Å²) in [6.45, 7) is 0.388. The maximum Gasteiger partial charge on any atom is 0.387 e. The summed E-state index contributed by atoms with van der Waals surface area (Å²) in [6, 6.07) is 4.87. The molecule has 0 saturated carbocycles. The molecule has 1 aromatic heterocycles. The lowest BCUT2D eigenvalue weighted by Gasteiger charge is -2.19. The first-order valence-electron chi connectivity index (χ1n) is 9.16. The summed E-state index contributed by atoms with van der Waals surface area (Å²) in [5.41, 5.74) is 1.43. The van der Waals surface area contributed by atoms with Gasteiger partial charge in [-0.15, -0.1) is 0 Å². The van der Waals surface area contributed by atoms with Crippen molar-refractivity contribution in [1.29, 1.82) is 0 Å². The van der Waals surface area contributed by atoms with E-state index in [4.69, 9.17) is 4.74 Å². The van der Waals surface area contributed by atoms with E-state index in [1.54, 1.807) is 36.0 Å². The van der Waals surface area contributed by atoms with Crippen LogP contribution in [0.4, 0.5) is 8.78 Å². The second-order valence-corrected chi connectivity index (χ2v) is 6.59. The number of ether oxygens (including phenoxy) is 2. The van der Waals surface area contributed by atoms with Crippen molar-refractivity contribution in [2.45, 2.75) is 26.0 Å². The van der Waals surface area contributed by atoms with Crippen LogP contribution in [0.2, 0.25) is 0 Å². The monoisotopic (exact) mass is 394 g/mol. The van der Waals surface area contributed by atoms with Crippen molar-refractivity contribution < 1.29 is 23.0 Å². The Bertz CT molecular complexity index is 812. The normalized spacial score (nSPS) is 19.0. The van der Waals surface area contributed by atoms with E-state index in [0.29, 0.717) is 25.3 Å². The average molecular weight is 394 g/mol. The van der Waals surface area contributed by atoms with Gasteiger partial charge in [0.1, 0.15) is 0 Å². The third-order valence-corrected chi connectivity index (χ3v) is 4.72. The number of amides is 1. The maximum absolute atomic E-state index is 12.8. The van der Waals surface area contributed by atoms with Crippen LogP contribution in [-0.2, 0) is 18.4 Å². The number of carbonyl (C=O) groups excluding carboxylic acids is 1. The number of nitrogens with one attached hydrogen (secondary N) is 2. The molecule has 3 rings (SSSR count). The van der Waals surface area contributed by atoms with Gasteiger partial charge in [0.25, 0.3) is 0 Å². The highest BCUT2D eigenvalue weighted by molar-refractivity contribution is 5.80. The molecule has 1 saturated heterocycles. The zero-order valence-electron chi connectivity index (χ0n) is 15.8. The number of para-hydroxylation sites is 1. The van der Waals surface area contributed by atoms with E-state index in [1.165, 1.54) is 0 Å². The molecule has 28 heavy (non-hydrogen) atoms. The largest absolute Gasteiger partial charge is 0.490 e. The Morgan fingerprint density at radius 2 is 2.25 bits per heavy atom. The molecule has 1 aliphatic heterocycles. The molecule has 0 bridgehead atoms. The van der Waals surface area contributed by atoms with Crippen molar-refractivity contribution in [2.24, 2.45) is 13.0 Å². The molecule has 7 nitrogen and oxygen atoms in total. The van der Waals surface area contributed by atoms with Crippen LogP contribution in [0.3, 0.4) is 0 Å². The first-order chi connectivity index (χ1) is 13.5. The molecule has 9 heteroatoms. The highest BCUT2D eigenvalue weighted by Gasteiger charge is 2.34. The number of aryl methyl sites for hydroxylation is 1. The average Bonchev–Trinajstić information content (AvgIpc) is 3.30. The highest BCUT2D eigenvalue weighted by Crippen LogP contribution is 2.33. The quantitative estimate of drug-likeness (QED) is 0.717. The van der Waals surface area contributed by atoms with Crippen LogP contribution >= 0.6 is 0 Å². The third kappa shape index (κ3) is 4.59. The van der Waals surface area contributed by atoms with Crippen LogP contribution in [0.25, 0.3) is 0 Å². The van der Waals surface area contributed by atoms with Gasteiger partial charge in [-0.25, -0.2) is 0 Å². The minimum atomic E-state index is -2.98. The number of alkyl halides is 2. The fourth-order valence-electron chi connectivity index (χ4n) is 3.44. The minimum Gasteiger partial charge on any atom is -0.490 e. The molecule has 0 aliphatic carbocycles. The molecule has 0 unspecified atom stereocenters. The predicted octanol–water partition coefficient (Wildman–Crippen LogP) is 2.04. The lowest BCUT2D eigenvalue weighted by molar-refractivity contribution is -0.125. The van der Waals surface area contributed by atoms with Gasteiger partial charge < -0.3 is 20.1 Å². The second-order valence-electron chi connectivity index (χ2n) is 6.59. The Kier molecular flexibility index (Phi) is 6.45. The molecule has 2 heterocycles. The Balaban J connectivity index is 1.71. The zero-order valence-corrected chi connectivity index (χ0v) is 15.8. The van der Waals surface area contributed by atoms with Crippen molar-refractivity contribution >= 4 is 5.91 Å². The van der Waals surface area contributed by atoms with Crippen LogP contribution in [0.15, 0.2) is 30.6 Å². The number of nitrogens with zero attached hydrogens (tertiary/aromatic N) is 2. The Morgan fingerprint density at radius 3 is 2.93 bits per heavy atom. The third-order valence-electron chi connectivity index (χ3n) is 4.72. The van der Waals surface area contributed by atoms with Gasteiger partial charge in [-0.2, -0.15) is 13.9 Å². The number of hydrogen-bond donors (Lipinski definition) is 2. The molecule has 2 aromatic rings. The van der Waals surface area contributed by atoms with Crippen molar-refractivity contribution in [3.63, 3.8) is 0 Å². The Morgan fingerprint density at radius 1 is 1.43 bits per heavy atom. The van der Waals surface area contributed by atoms with Crippen LogP contribution in [0.1, 0.15) is 24.0 Å². The Labute approximate surface area is 162 Å². The fraction of sp³-hybridized carbons (Fsp3) is 0.474. The molecule has 2 N–H and O–H groups in total. The van der Waals surface area contributed by atoms with E-state index in [1.807, 2.05) is 13.2 Å². The van der Waals surface area contributed by atoms with Crippen molar-refractivity contribution in [3.05, 3.63) is 41.7 Å². The second kappa shape index (κ2) is 9.01. The molecule has 1 amide bonds. The summed E-state index contributed by atoms with van der Waals surface area (Å²) in [4.78, 5) is 12.8. The molecule has 0 radical (unpaired) electrons. The van der Waals surface area contributed by atoms with Crippen LogP contribution in [0.5, 0.6) is 11.5 Å². The summed E-state index contributed by atoms with van der Waals surface area (Å²) in [7, 11) is 1.83. The first kappa shape index (κ1) is 20.1. The van der Waals surface area contributed by atoms with Gasteiger partial charge in [0, 0.05) is 44.4 Å². The van der Waals surface area contributed by atoms with Crippen molar-refractivity contribution in [1.82, 2.24) is 20.4 Å². The lowest BCUT2D eigenvalue weighted by atomic mass is 9.90.